The van der Waals surface area contributed by atoms with Gasteiger partial charge in [-0.25, -0.2) is 0 Å². The van der Waals surface area contributed by atoms with Gasteiger partial charge >= 0.3 is 0 Å². The van der Waals surface area contributed by atoms with Crippen LogP contribution in [-0.2, 0) is 4.74 Å². The van der Waals surface area contributed by atoms with Crippen LogP contribution in [0.1, 0.15) is 12.0 Å². The van der Waals surface area contributed by atoms with Gasteiger partial charge in [0.2, 0.25) is 0 Å². The van der Waals surface area contributed by atoms with E-state index in [4.69, 9.17) is 4.74 Å². The van der Waals surface area contributed by atoms with Gasteiger partial charge < -0.3 is 9.64 Å². The Kier molecular flexibility index (Phi) is 2.20. The van der Waals surface area contributed by atoms with E-state index < -0.39 is 0 Å². The molecule has 2 saturated heterocycles. The maximum absolute atomic E-state index is 6.28. The van der Waals surface area contributed by atoms with Crippen molar-refractivity contribution in [2.45, 2.75) is 22.6 Å². The first-order valence-electron chi connectivity index (χ1n) is 6.50. The molecule has 0 aromatic heterocycles. The Hall–Kier alpha value is -0.550. The molecule has 3 heteroatoms. The molecule has 2 nitrogen and oxygen atoms in total. The molecule has 0 N–H and O–H groups in total. The minimum Gasteiger partial charge on any atom is -0.368 e. The Morgan fingerprint density at radius 3 is 2.72 bits per heavy atom. The molecule has 2 bridgehead atoms. The van der Waals surface area contributed by atoms with Crippen molar-refractivity contribution in [1.82, 2.24) is 0 Å². The summed E-state index contributed by atoms with van der Waals surface area (Å²) in [6.45, 7) is 4.26. The first-order chi connectivity index (χ1) is 8.59. The molecule has 2 fully saturated rings. The molecule has 1 spiro atoms. The molecule has 94 valence electrons. The number of ether oxygens (including phenoxy) is 1. The van der Waals surface area contributed by atoms with E-state index >= 15 is 0 Å². The average molecular weight is 353 g/mol. The molecule has 1 aromatic rings. The summed E-state index contributed by atoms with van der Waals surface area (Å²) in [7, 11) is 0. The summed E-state index contributed by atoms with van der Waals surface area (Å²) >= 11 is 2.45. The molecule has 3 aliphatic heterocycles. The lowest BCUT2D eigenvalue weighted by atomic mass is 9.86. The van der Waals surface area contributed by atoms with Crippen LogP contribution in [0.5, 0.6) is 0 Å². The van der Waals surface area contributed by atoms with E-state index in [0.29, 0.717) is 5.92 Å². The summed E-state index contributed by atoms with van der Waals surface area (Å²) in [5.74, 6) is 0.653. The molecular formula is C15H16INO. The van der Waals surface area contributed by atoms with Crippen LogP contribution in [0.3, 0.4) is 0 Å². The Labute approximate surface area is 121 Å². The van der Waals surface area contributed by atoms with Crippen molar-refractivity contribution < 1.29 is 4.74 Å². The van der Waals surface area contributed by atoms with E-state index in [2.05, 4.69) is 70.8 Å². The third-order valence-electron chi connectivity index (χ3n) is 4.47. The zero-order valence-electron chi connectivity index (χ0n) is 10.4. The predicted molar refractivity (Wildman–Crippen MR) is 81.2 cm³/mol. The van der Waals surface area contributed by atoms with E-state index in [1.807, 2.05) is 0 Å². The number of anilines is 1. The SMILES string of the molecule is Cc1ccc(N2CC3CC4(I)C=CC3(C2)O4)cc1. The molecule has 0 saturated carbocycles. The third-order valence-corrected chi connectivity index (χ3v) is 5.49. The lowest BCUT2D eigenvalue weighted by Gasteiger charge is -2.24. The summed E-state index contributed by atoms with van der Waals surface area (Å²) in [5.41, 5.74) is 2.64. The van der Waals surface area contributed by atoms with Crippen molar-refractivity contribution in [3.05, 3.63) is 42.0 Å². The second kappa shape index (κ2) is 3.51. The number of hydrogen-bond acceptors (Lipinski definition) is 2. The topological polar surface area (TPSA) is 12.5 Å². The van der Waals surface area contributed by atoms with Gasteiger partial charge in [-0.2, -0.15) is 0 Å². The van der Waals surface area contributed by atoms with E-state index in [9.17, 15) is 0 Å². The maximum atomic E-state index is 6.28. The fourth-order valence-corrected chi connectivity index (χ4v) is 4.62. The highest BCUT2D eigenvalue weighted by atomic mass is 127. The second-order valence-electron chi connectivity index (χ2n) is 5.79. The third kappa shape index (κ3) is 1.50. The highest BCUT2D eigenvalue weighted by Crippen LogP contribution is 2.56. The van der Waals surface area contributed by atoms with Crippen molar-refractivity contribution in [2.24, 2.45) is 5.92 Å². The zero-order chi connectivity index (χ0) is 12.4. The van der Waals surface area contributed by atoms with E-state index in [1.54, 1.807) is 0 Å². The summed E-state index contributed by atoms with van der Waals surface area (Å²) in [6.07, 6.45) is 5.72. The monoisotopic (exact) mass is 353 g/mol. The molecule has 4 rings (SSSR count). The van der Waals surface area contributed by atoms with Gasteiger partial charge in [0.25, 0.3) is 0 Å². The lowest BCUT2D eigenvalue weighted by molar-refractivity contribution is 0.0272. The van der Waals surface area contributed by atoms with Gasteiger partial charge in [-0.1, -0.05) is 23.8 Å². The van der Waals surface area contributed by atoms with Crippen molar-refractivity contribution in [3.63, 3.8) is 0 Å². The number of fused-ring (bicyclic) bond motifs is 1. The standard InChI is InChI=1S/C15H16INO/c1-11-2-4-13(5-3-11)17-9-12-8-15(16)7-6-14(12,10-17)18-15/h2-7,12H,8-10H2,1H3. The number of nitrogens with zero attached hydrogens (tertiary/aromatic N) is 1. The number of halogens is 1. The number of hydrogen-bond donors (Lipinski definition) is 0. The van der Waals surface area contributed by atoms with Gasteiger partial charge in [-0.15, -0.1) is 0 Å². The largest absolute Gasteiger partial charge is 0.368 e. The number of aryl methyl sites for hydroxylation is 1. The average Bonchev–Trinajstić information content (AvgIpc) is 2.91. The molecule has 3 aliphatic rings. The molecule has 3 atom stereocenters. The minimum absolute atomic E-state index is 0.00786. The quantitative estimate of drug-likeness (QED) is 0.437. The smallest absolute Gasteiger partial charge is 0.139 e. The van der Waals surface area contributed by atoms with Gasteiger partial charge in [0.15, 0.2) is 0 Å². The Morgan fingerprint density at radius 1 is 1.28 bits per heavy atom. The number of benzene rings is 1. The molecule has 0 aliphatic carbocycles. The Morgan fingerprint density at radius 2 is 2.06 bits per heavy atom. The van der Waals surface area contributed by atoms with Crippen molar-refractivity contribution in [1.29, 1.82) is 0 Å². The van der Waals surface area contributed by atoms with E-state index in [1.165, 1.54) is 11.3 Å². The summed E-state index contributed by atoms with van der Waals surface area (Å²) in [4.78, 5) is 2.47. The summed E-state index contributed by atoms with van der Waals surface area (Å²) < 4.78 is 6.27. The van der Waals surface area contributed by atoms with Crippen LogP contribution in [0.25, 0.3) is 0 Å². The van der Waals surface area contributed by atoms with Crippen LogP contribution >= 0.6 is 22.6 Å². The molecule has 0 amide bonds. The Balaban J connectivity index is 1.62. The van der Waals surface area contributed by atoms with Crippen LogP contribution < -0.4 is 4.90 Å². The first kappa shape index (κ1) is 11.3. The normalized spacial score (nSPS) is 40.6. The lowest BCUT2D eigenvalue weighted by Crippen LogP contribution is -2.33. The summed E-state index contributed by atoms with van der Waals surface area (Å²) in [6, 6.07) is 8.83. The van der Waals surface area contributed by atoms with Crippen molar-refractivity contribution in [3.8, 4) is 0 Å². The highest BCUT2D eigenvalue weighted by Gasteiger charge is 2.60. The maximum Gasteiger partial charge on any atom is 0.139 e. The molecule has 3 unspecified atom stereocenters. The van der Waals surface area contributed by atoms with E-state index in [0.717, 1.165) is 19.5 Å². The van der Waals surface area contributed by atoms with Crippen molar-refractivity contribution >= 4 is 28.3 Å². The van der Waals surface area contributed by atoms with Gasteiger partial charge in [-0.3, -0.25) is 0 Å². The molecule has 18 heavy (non-hydrogen) atoms. The zero-order valence-corrected chi connectivity index (χ0v) is 12.6. The first-order valence-corrected chi connectivity index (χ1v) is 7.58. The van der Waals surface area contributed by atoms with Crippen LogP contribution in [-0.4, -0.2) is 22.3 Å². The number of rotatable bonds is 1. The fourth-order valence-electron chi connectivity index (χ4n) is 3.50. The van der Waals surface area contributed by atoms with Gasteiger partial charge in [0.05, 0.1) is 6.54 Å². The van der Waals surface area contributed by atoms with Crippen LogP contribution in [0, 0.1) is 12.8 Å². The number of alkyl halides is 1. The molecule has 1 aromatic carbocycles. The molecule has 0 radical (unpaired) electrons. The van der Waals surface area contributed by atoms with Crippen LogP contribution in [0.15, 0.2) is 36.4 Å². The van der Waals surface area contributed by atoms with Crippen LogP contribution in [0.2, 0.25) is 0 Å². The summed E-state index contributed by atoms with van der Waals surface area (Å²) in [5, 5.41) is 0. The van der Waals surface area contributed by atoms with E-state index in [-0.39, 0.29) is 9.21 Å². The Bertz CT molecular complexity index is 526. The highest BCUT2D eigenvalue weighted by molar-refractivity contribution is 14.1. The van der Waals surface area contributed by atoms with Gasteiger partial charge in [0, 0.05) is 18.2 Å². The minimum atomic E-state index is -0.0121. The fraction of sp³-hybridized carbons (Fsp3) is 0.467. The van der Waals surface area contributed by atoms with Crippen molar-refractivity contribution in [2.75, 3.05) is 18.0 Å². The predicted octanol–water partition coefficient (Wildman–Crippen LogP) is 3.29. The molecule has 3 heterocycles. The van der Waals surface area contributed by atoms with Crippen LogP contribution in [0.4, 0.5) is 5.69 Å². The van der Waals surface area contributed by atoms with Gasteiger partial charge in [0.1, 0.15) is 9.21 Å². The van der Waals surface area contributed by atoms with Gasteiger partial charge in [-0.05, 0) is 54.1 Å². The molecular weight excluding hydrogens is 337 g/mol. The second-order valence-corrected chi connectivity index (χ2v) is 7.62.